The van der Waals surface area contributed by atoms with Crippen LogP contribution < -0.4 is 19.8 Å². The largest absolute Gasteiger partial charge is 0.488 e. The van der Waals surface area contributed by atoms with Gasteiger partial charge in [-0.2, -0.15) is 0 Å². The van der Waals surface area contributed by atoms with Crippen LogP contribution >= 0.6 is 0 Å². The molecule has 2 aliphatic heterocycles. The molecule has 2 aliphatic rings. The van der Waals surface area contributed by atoms with Crippen molar-refractivity contribution in [3.05, 3.63) is 179 Å². The molecule has 8 rings (SSSR count). The third-order valence-corrected chi connectivity index (χ3v) is 14.6. The lowest BCUT2D eigenvalue weighted by molar-refractivity contribution is -0.0652. The lowest BCUT2D eigenvalue weighted by Gasteiger charge is -2.25. The van der Waals surface area contributed by atoms with Gasteiger partial charge in [0, 0.05) is 17.1 Å². The minimum Gasteiger partial charge on any atom is -0.487 e. The summed E-state index contributed by atoms with van der Waals surface area (Å²) in [6.07, 6.45) is 1.10. The number of rotatable bonds is 10. The monoisotopic (exact) mass is 1260 g/mol. The molecule has 1 unspecified atom stereocenters. The SMILES string of the molecule is CC(C)CC1COCCOCCOCCOCCOCCO1.CC(C)c1ccc(C(C)(C)C)cc1.CC(C)c1ccc(N(c2ccccc2)c2ccccc2)cc1.CC(C)c1ccc2c(c1)OCCOCCOCCOCCO2.CC(C)c1cccc(B(O)O)c1. The maximum Gasteiger partial charge on any atom is 0.488 e. The molecule has 2 N–H and O–H groups in total. The second-order valence-electron chi connectivity index (χ2n) is 25.0. The number of para-hydroxylation sites is 2. The van der Waals surface area contributed by atoms with Crippen molar-refractivity contribution >= 4 is 29.6 Å². The first-order chi connectivity index (χ1) is 43.8. The zero-order chi connectivity index (χ0) is 66.1. The van der Waals surface area contributed by atoms with Gasteiger partial charge in [-0.3, -0.25) is 0 Å². The van der Waals surface area contributed by atoms with Crippen molar-refractivity contribution in [1.29, 1.82) is 0 Å². The Morgan fingerprint density at radius 2 is 0.758 bits per heavy atom. The number of anilines is 3. The fraction of sp³-hybridized carbons (Fsp3) is 0.526. The minimum absolute atomic E-state index is 0.113. The molecule has 91 heavy (non-hydrogen) atoms. The first kappa shape index (κ1) is 77.8. The van der Waals surface area contributed by atoms with Gasteiger partial charge in [-0.15, -0.1) is 0 Å². The van der Waals surface area contributed by atoms with Crippen LogP contribution in [0.3, 0.4) is 0 Å². The number of hydrogen-bond acceptors (Lipinski definition) is 14. The Labute approximate surface area is 548 Å². The molecule has 0 amide bonds. The fourth-order valence-electron chi connectivity index (χ4n) is 9.21. The van der Waals surface area contributed by atoms with E-state index in [0.717, 1.165) is 23.5 Å². The van der Waals surface area contributed by atoms with Crippen molar-refractivity contribution < 1.29 is 62.2 Å². The summed E-state index contributed by atoms with van der Waals surface area (Å²) >= 11 is 0. The van der Waals surface area contributed by atoms with E-state index in [1.165, 1.54) is 39.3 Å². The summed E-state index contributed by atoms with van der Waals surface area (Å²) in [6.45, 7) is 39.2. The molecule has 2 heterocycles. The number of ether oxygens (including phenoxy) is 11. The summed E-state index contributed by atoms with van der Waals surface area (Å²) in [4.78, 5) is 2.28. The molecule has 0 aromatic heterocycles. The second kappa shape index (κ2) is 45.6. The Bertz CT molecular complexity index is 2660. The van der Waals surface area contributed by atoms with Crippen molar-refractivity contribution in [1.82, 2.24) is 0 Å². The van der Waals surface area contributed by atoms with Crippen LogP contribution in [-0.4, -0.2) is 149 Å². The highest BCUT2D eigenvalue weighted by Crippen LogP contribution is 2.35. The first-order valence-electron chi connectivity index (χ1n) is 33.0. The topological polar surface area (TPSA) is 145 Å². The molecule has 6 aromatic rings. The summed E-state index contributed by atoms with van der Waals surface area (Å²) < 4.78 is 61.1. The molecule has 0 bridgehead atoms. The molecule has 15 heteroatoms. The Balaban J connectivity index is 0.000000248. The van der Waals surface area contributed by atoms with E-state index in [1.54, 1.807) is 6.07 Å². The summed E-state index contributed by atoms with van der Waals surface area (Å²) in [5.41, 5.74) is 10.9. The molecular formula is C76H112BNO13. The standard InChI is InChI=1S/C21H21N.C17H26O5.C16H32O6.C13H20.C9H13BO2/c1-17(2)18-13-15-21(16-14-18)22(19-9-5-3-6-10-19)20-11-7-4-8-12-20;1-14(2)15-3-4-16-17(13-15)22-12-10-20-8-6-18-5-7-19-9-11-21-16;1-15(2)13-16-14-21-10-9-19-6-5-17-3-4-18-7-8-20-11-12-22-16;1-10(2)11-6-8-12(9-7-11)13(3,4)5;1-7(2)8-4-3-5-9(6-8)10(11)12/h3-17H,1-2H3;3-4,13-14H,5-12H2,1-2H3;15-16H,3-14H2,1-2H3;6-10H,1-5H3;3-7,11-12H,1-2H3. The molecule has 1 saturated heterocycles. The molecule has 0 spiro atoms. The average Bonchev–Trinajstić information content (AvgIpc) is 0.987. The van der Waals surface area contributed by atoms with Crippen molar-refractivity contribution in [2.45, 2.75) is 132 Å². The van der Waals surface area contributed by atoms with Crippen molar-refractivity contribution in [2.75, 3.05) is 130 Å². The molecule has 1 fully saturated rings. The highest BCUT2D eigenvalue weighted by Gasteiger charge is 2.17. The van der Waals surface area contributed by atoms with Gasteiger partial charge >= 0.3 is 7.12 Å². The average molecular weight is 1260 g/mol. The number of nitrogens with zero attached hydrogens (tertiary/aromatic N) is 1. The van der Waals surface area contributed by atoms with E-state index < -0.39 is 7.12 Å². The zero-order valence-corrected chi connectivity index (χ0v) is 57.4. The van der Waals surface area contributed by atoms with Gasteiger partial charge in [0.1, 0.15) is 13.2 Å². The predicted molar refractivity (Wildman–Crippen MR) is 372 cm³/mol. The molecule has 0 radical (unpaired) electrons. The summed E-state index contributed by atoms with van der Waals surface area (Å²) in [5, 5.41) is 17.8. The van der Waals surface area contributed by atoms with Crippen molar-refractivity contribution in [3.63, 3.8) is 0 Å². The summed E-state index contributed by atoms with van der Waals surface area (Å²) in [6, 6.07) is 52.2. The molecular weight excluding hydrogens is 1150 g/mol. The van der Waals surface area contributed by atoms with Crippen LogP contribution in [0.2, 0.25) is 0 Å². The fourth-order valence-corrected chi connectivity index (χ4v) is 9.21. The molecule has 502 valence electrons. The number of benzene rings is 6. The third kappa shape index (κ3) is 33.2. The zero-order valence-electron chi connectivity index (χ0n) is 57.4. The van der Waals surface area contributed by atoms with Crippen LogP contribution in [0.15, 0.2) is 152 Å². The lowest BCUT2D eigenvalue weighted by Crippen LogP contribution is -2.29. The predicted octanol–water partition coefficient (Wildman–Crippen LogP) is 15.0. The highest BCUT2D eigenvalue weighted by molar-refractivity contribution is 6.58. The van der Waals surface area contributed by atoms with Crippen LogP contribution in [0.25, 0.3) is 0 Å². The van der Waals surface area contributed by atoms with Gasteiger partial charge in [-0.25, -0.2) is 0 Å². The normalized spacial score (nSPS) is 16.3. The Morgan fingerprint density at radius 1 is 0.385 bits per heavy atom. The Morgan fingerprint density at radius 3 is 1.18 bits per heavy atom. The maximum absolute atomic E-state index is 8.89. The van der Waals surface area contributed by atoms with Gasteiger partial charge in [0.25, 0.3) is 0 Å². The molecule has 14 nitrogen and oxygen atoms in total. The van der Waals surface area contributed by atoms with Crippen LogP contribution in [-0.2, 0) is 48.0 Å². The lowest BCUT2D eigenvalue weighted by atomic mass is 9.79. The van der Waals surface area contributed by atoms with E-state index in [9.17, 15) is 0 Å². The molecule has 0 saturated carbocycles. The summed E-state index contributed by atoms with van der Waals surface area (Å²) in [5.74, 6) is 4.14. The molecule has 6 aromatic carbocycles. The van der Waals surface area contributed by atoms with E-state index in [1.807, 2.05) is 30.3 Å². The van der Waals surface area contributed by atoms with Crippen LogP contribution in [0.1, 0.15) is 148 Å². The second-order valence-corrected chi connectivity index (χ2v) is 25.0. The smallest absolute Gasteiger partial charge is 0.487 e. The van der Waals surface area contributed by atoms with Gasteiger partial charge in [-0.05, 0) is 123 Å². The van der Waals surface area contributed by atoms with E-state index in [4.69, 9.17) is 62.2 Å². The van der Waals surface area contributed by atoms with Crippen LogP contribution in [0.5, 0.6) is 11.5 Å². The minimum atomic E-state index is -1.36. The molecule has 0 aliphatic carbocycles. The summed E-state index contributed by atoms with van der Waals surface area (Å²) in [7, 11) is -1.36. The quantitative estimate of drug-likeness (QED) is 0.125. The molecule has 1 atom stereocenters. The number of hydrogen-bond donors (Lipinski definition) is 2. The van der Waals surface area contributed by atoms with Crippen LogP contribution in [0, 0.1) is 5.92 Å². The number of fused-ring (bicyclic) bond motifs is 1. The van der Waals surface area contributed by atoms with Gasteiger partial charge in [-0.1, -0.05) is 193 Å². The Hall–Kier alpha value is -5.66. The van der Waals surface area contributed by atoms with Crippen LogP contribution in [0.4, 0.5) is 17.1 Å². The first-order valence-corrected chi connectivity index (χ1v) is 33.0. The Kier molecular flexibility index (Phi) is 39.0. The third-order valence-electron chi connectivity index (χ3n) is 14.6. The highest BCUT2D eigenvalue weighted by atomic mass is 16.6. The van der Waals surface area contributed by atoms with Gasteiger partial charge in [0.05, 0.1) is 118 Å². The van der Waals surface area contributed by atoms with E-state index in [2.05, 4.69) is 210 Å². The van der Waals surface area contributed by atoms with Gasteiger partial charge < -0.3 is 67.1 Å². The van der Waals surface area contributed by atoms with E-state index in [-0.39, 0.29) is 11.5 Å². The van der Waals surface area contributed by atoms with Gasteiger partial charge in [0.2, 0.25) is 0 Å². The van der Waals surface area contributed by atoms with Gasteiger partial charge in [0.15, 0.2) is 11.5 Å². The van der Waals surface area contributed by atoms with E-state index in [0.29, 0.717) is 161 Å². The van der Waals surface area contributed by atoms with Crippen molar-refractivity contribution in [2.24, 2.45) is 5.92 Å². The van der Waals surface area contributed by atoms with Crippen molar-refractivity contribution in [3.8, 4) is 11.5 Å². The maximum atomic E-state index is 8.89. The van der Waals surface area contributed by atoms with E-state index >= 15 is 0 Å².